The SMILES string of the molecule is Cc1cc(NCCOC2CCCC2)n2c(nc3ccccc32)c1C#N. The second-order valence-corrected chi connectivity index (χ2v) is 6.66. The summed E-state index contributed by atoms with van der Waals surface area (Å²) in [5.74, 6) is 0.954. The first-order valence-corrected chi connectivity index (χ1v) is 8.94. The molecule has 4 rings (SSSR count). The van der Waals surface area contributed by atoms with Gasteiger partial charge in [0.2, 0.25) is 0 Å². The predicted molar refractivity (Wildman–Crippen MR) is 98.8 cm³/mol. The molecule has 1 saturated carbocycles. The number of aromatic nitrogens is 2. The van der Waals surface area contributed by atoms with Crippen molar-refractivity contribution in [1.29, 1.82) is 5.26 Å². The number of ether oxygens (including phenoxy) is 1. The molecule has 25 heavy (non-hydrogen) atoms. The monoisotopic (exact) mass is 334 g/mol. The van der Waals surface area contributed by atoms with Gasteiger partial charge in [0.05, 0.1) is 29.3 Å². The quantitative estimate of drug-likeness (QED) is 0.715. The Kier molecular flexibility index (Phi) is 4.29. The maximum Gasteiger partial charge on any atom is 0.157 e. The molecular weight excluding hydrogens is 312 g/mol. The maximum atomic E-state index is 9.52. The first-order valence-electron chi connectivity index (χ1n) is 8.94. The van der Waals surface area contributed by atoms with E-state index in [0.717, 1.165) is 29.0 Å². The molecular formula is C20H22N4O. The minimum absolute atomic E-state index is 0.429. The number of rotatable bonds is 5. The fourth-order valence-corrected chi connectivity index (χ4v) is 3.68. The molecule has 0 amide bonds. The van der Waals surface area contributed by atoms with Gasteiger partial charge in [-0.1, -0.05) is 25.0 Å². The Bertz CT molecular complexity index is 948. The van der Waals surface area contributed by atoms with Gasteiger partial charge in [0.15, 0.2) is 5.65 Å². The van der Waals surface area contributed by atoms with Gasteiger partial charge in [-0.25, -0.2) is 4.98 Å². The van der Waals surface area contributed by atoms with Crippen LogP contribution in [0.15, 0.2) is 30.3 Å². The van der Waals surface area contributed by atoms with Crippen molar-refractivity contribution in [2.45, 2.75) is 38.7 Å². The van der Waals surface area contributed by atoms with Gasteiger partial charge in [-0.3, -0.25) is 4.40 Å². The summed E-state index contributed by atoms with van der Waals surface area (Å²) in [5, 5.41) is 13.0. The lowest BCUT2D eigenvalue weighted by molar-refractivity contribution is 0.0658. The van der Waals surface area contributed by atoms with Crippen molar-refractivity contribution in [2.24, 2.45) is 0 Å². The van der Waals surface area contributed by atoms with Crippen molar-refractivity contribution in [3.05, 3.63) is 41.5 Å². The number of anilines is 1. The van der Waals surface area contributed by atoms with Crippen LogP contribution >= 0.6 is 0 Å². The number of para-hydroxylation sites is 2. The number of aryl methyl sites for hydroxylation is 1. The number of hydrogen-bond donors (Lipinski definition) is 1. The molecule has 0 spiro atoms. The van der Waals surface area contributed by atoms with E-state index in [4.69, 9.17) is 4.74 Å². The molecule has 0 unspecified atom stereocenters. The van der Waals surface area contributed by atoms with E-state index in [-0.39, 0.29) is 0 Å². The van der Waals surface area contributed by atoms with Gasteiger partial charge in [-0.15, -0.1) is 0 Å². The van der Waals surface area contributed by atoms with E-state index in [9.17, 15) is 5.26 Å². The fourth-order valence-electron chi connectivity index (χ4n) is 3.68. The highest BCUT2D eigenvalue weighted by Gasteiger charge is 2.16. The first kappa shape index (κ1) is 15.9. The standard InChI is InChI=1S/C20H22N4O/c1-14-12-19(22-10-11-25-15-6-2-3-7-15)24-18-9-5-4-8-17(18)23-20(24)16(14)13-21/h4-5,8-9,12,15,22H,2-3,6-7,10-11H2,1H3. The number of imidazole rings is 1. The summed E-state index contributed by atoms with van der Waals surface area (Å²) in [6.07, 6.45) is 5.38. The molecule has 1 aromatic carbocycles. The Balaban J connectivity index is 1.64. The minimum atomic E-state index is 0.429. The highest BCUT2D eigenvalue weighted by atomic mass is 16.5. The number of benzene rings is 1. The Labute approximate surface area is 147 Å². The lowest BCUT2D eigenvalue weighted by atomic mass is 10.1. The van der Waals surface area contributed by atoms with Crippen molar-refractivity contribution >= 4 is 22.5 Å². The smallest absolute Gasteiger partial charge is 0.157 e. The highest BCUT2D eigenvalue weighted by Crippen LogP contribution is 2.26. The Morgan fingerprint density at radius 1 is 1.32 bits per heavy atom. The summed E-state index contributed by atoms with van der Waals surface area (Å²) in [4.78, 5) is 4.67. The van der Waals surface area contributed by atoms with Crippen molar-refractivity contribution in [3.63, 3.8) is 0 Å². The molecule has 2 aromatic heterocycles. The van der Waals surface area contributed by atoms with Crippen molar-refractivity contribution in [1.82, 2.24) is 9.38 Å². The van der Waals surface area contributed by atoms with Gasteiger partial charge in [-0.05, 0) is 43.5 Å². The Morgan fingerprint density at radius 2 is 2.12 bits per heavy atom. The van der Waals surface area contributed by atoms with E-state index in [2.05, 4.69) is 16.4 Å². The lowest BCUT2D eigenvalue weighted by Crippen LogP contribution is -2.16. The zero-order chi connectivity index (χ0) is 17.2. The summed E-state index contributed by atoms with van der Waals surface area (Å²) in [6, 6.07) is 12.3. The average Bonchev–Trinajstić information content (AvgIpc) is 3.26. The van der Waals surface area contributed by atoms with Crippen LogP contribution in [-0.4, -0.2) is 28.6 Å². The van der Waals surface area contributed by atoms with Crippen molar-refractivity contribution in [2.75, 3.05) is 18.5 Å². The third kappa shape index (κ3) is 2.94. The van der Waals surface area contributed by atoms with Gasteiger partial charge >= 0.3 is 0 Å². The van der Waals surface area contributed by atoms with Crippen LogP contribution in [0.1, 0.15) is 36.8 Å². The van der Waals surface area contributed by atoms with Gasteiger partial charge in [-0.2, -0.15) is 5.26 Å². The number of nitriles is 1. The van der Waals surface area contributed by atoms with E-state index in [1.165, 1.54) is 25.7 Å². The molecule has 0 aliphatic heterocycles. The molecule has 0 radical (unpaired) electrons. The molecule has 5 nitrogen and oxygen atoms in total. The van der Waals surface area contributed by atoms with E-state index >= 15 is 0 Å². The summed E-state index contributed by atoms with van der Waals surface area (Å²) in [5.41, 5.74) is 4.18. The second kappa shape index (κ2) is 6.73. The van der Waals surface area contributed by atoms with E-state index < -0.39 is 0 Å². The van der Waals surface area contributed by atoms with Crippen LogP contribution in [0.2, 0.25) is 0 Å². The number of pyridine rings is 1. The molecule has 1 fully saturated rings. The minimum Gasteiger partial charge on any atom is -0.376 e. The Hall–Kier alpha value is -2.58. The highest BCUT2D eigenvalue weighted by molar-refractivity contribution is 5.85. The van der Waals surface area contributed by atoms with Gasteiger partial charge in [0.25, 0.3) is 0 Å². The molecule has 0 saturated heterocycles. The van der Waals surface area contributed by atoms with E-state index in [0.29, 0.717) is 23.9 Å². The predicted octanol–water partition coefficient (Wildman–Crippen LogP) is 4.04. The largest absolute Gasteiger partial charge is 0.376 e. The molecule has 3 aromatic rings. The lowest BCUT2D eigenvalue weighted by Gasteiger charge is -2.14. The van der Waals surface area contributed by atoms with E-state index in [1.54, 1.807) is 0 Å². The average molecular weight is 334 g/mol. The summed E-state index contributed by atoms with van der Waals surface area (Å²) in [7, 11) is 0. The number of fused-ring (bicyclic) bond motifs is 3. The normalized spacial score (nSPS) is 15.0. The summed E-state index contributed by atoms with van der Waals surface area (Å²) >= 11 is 0. The van der Waals surface area contributed by atoms with Crippen LogP contribution in [0.3, 0.4) is 0 Å². The first-order chi connectivity index (χ1) is 12.3. The van der Waals surface area contributed by atoms with Gasteiger partial charge in [0, 0.05) is 6.54 Å². The summed E-state index contributed by atoms with van der Waals surface area (Å²) in [6.45, 7) is 3.39. The number of hydrogen-bond acceptors (Lipinski definition) is 4. The third-order valence-corrected chi connectivity index (χ3v) is 4.95. The van der Waals surface area contributed by atoms with Gasteiger partial charge < -0.3 is 10.1 Å². The van der Waals surface area contributed by atoms with Crippen LogP contribution in [0.25, 0.3) is 16.7 Å². The van der Waals surface area contributed by atoms with E-state index in [1.807, 2.05) is 41.7 Å². The zero-order valence-electron chi connectivity index (χ0n) is 14.5. The zero-order valence-corrected chi connectivity index (χ0v) is 14.5. The van der Waals surface area contributed by atoms with Gasteiger partial charge in [0.1, 0.15) is 11.9 Å². The molecule has 0 bridgehead atoms. The number of nitrogens with one attached hydrogen (secondary N) is 1. The molecule has 0 atom stereocenters. The summed E-state index contributed by atoms with van der Waals surface area (Å²) < 4.78 is 7.98. The number of nitrogens with zero attached hydrogens (tertiary/aromatic N) is 3. The maximum absolute atomic E-state index is 9.52. The fraction of sp³-hybridized carbons (Fsp3) is 0.400. The molecule has 5 heteroatoms. The van der Waals surface area contributed by atoms with Crippen molar-refractivity contribution < 1.29 is 4.74 Å². The Morgan fingerprint density at radius 3 is 2.92 bits per heavy atom. The van der Waals surface area contributed by atoms with Crippen molar-refractivity contribution in [3.8, 4) is 6.07 Å². The van der Waals surface area contributed by atoms with Crippen LogP contribution in [0.5, 0.6) is 0 Å². The third-order valence-electron chi connectivity index (χ3n) is 4.95. The topological polar surface area (TPSA) is 62.4 Å². The van der Waals surface area contributed by atoms with Crippen LogP contribution in [-0.2, 0) is 4.74 Å². The molecule has 2 heterocycles. The van der Waals surface area contributed by atoms with Crippen LogP contribution in [0.4, 0.5) is 5.82 Å². The molecule has 1 aliphatic carbocycles. The second-order valence-electron chi connectivity index (χ2n) is 6.66. The van der Waals surface area contributed by atoms with Crippen LogP contribution < -0.4 is 5.32 Å². The molecule has 128 valence electrons. The van der Waals surface area contributed by atoms with Crippen LogP contribution in [0, 0.1) is 18.3 Å². The molecule has 1 aliphatic rings. The molecule has 1 N–H and O–H groups in total.